The fourth-order valence-corrected chi connectivity index (χ4v) is 3.39. The summed E-state index contributed by atoms with van der Waals surface area (Å²) in [7, 11) is -2.07. The van der Waals surface area contributed by atoms with E-state index in [0.29, 0.717) is 36.9 Å². The van der Waals surface area contributed by atoms with Crippen molar-refractivity contribution in [3.63, 3.8) is 0 Å². The average Bonchev–Trinajstić information content (AvgIpc) is 2.67. The van der Waals surface area contributed by atoms with Gasteiger partial charge in [0.1, 0.15) is 24.2 Å². The van der Waals surface area contributed by atoms with Gasteiger partial charge in [-0.25, -0.2) is 18.1 Å². The smallest absolute Gasteiger partial charge is 0.240 e. The van der Waals surface area contributed by atoms with Crippen LogP contribution in [0.5, 0.6) is 5.75 Å². The molecule has 0 aliphatic carbocycles. The third-order valence-corrected chi connectivity index (χ3v) is 5.10. The molecule has 0 spiro atoms. The highest BCUT2D eigenvalue weighted by Gasteiger charge is 2.15. The Morgan fingerprint density at radius 3 is 2.74 bits per heavy atom. The Morgan fingerprint density at radius 2 is 2.04 bits per heavy atom. The number of methoxy groups -OCH3 is 1. The van der Waals surface area contributed by atoms with Crippen molar-refractivity contribution in [2.75, 3.05) is 38.7 Å². The van der Waals surface area contributed by atoms with Crippen LogP contribution in [0, 0.1) is 18.3 Å². The predicted octanol–water partition coefficient (Wildman–Crippen LogP) is 1.68. The molecule has 2 N–H and O–H groups in total. The van der Waals surface area contributed by atoms with Crippen LogP contribution in [0.1, 0.15) is 11.1 Å². The van der Waals surface area contributed by atoms with E-state index in [-0.39, 0.29) is 11.4 Å². The molecule has 9 heteroatoms. The number of hydrogen-bond donors (Lipinski definition) is 2. The van der Waals surface area contributed by atoms with Gasteiger partial charge in [0.15, 0.2) is 0 Å². The molecule has 144 valence electrons. The minimum atomic E-state index is -3.65. The van der Waals surface area contributed by atoms with Crippen LogP contribution in [-0.2, 0) is 14.8 Å². The molecular formula is C18H22N4O4S. The molecule has 8 nitrogen and oxygen atoms in total. The molecule has 1 heterocycles. The number of pyridine rings is 1. The SMILES string of the molecule is COCCOc1ccc(S(=O)(=O)NCCNc2ncccc2C#N)cc1C. The molecular weight excluding hydrogens is 368 g/mol. The van der Waals surface area contributed by atoms with E-state index in [1.165, 1.54) is 6.07 Å². The third kappa shape index (κ3) is 5.92. The van der Waals surface area contributed by atoms with E-state index in [2.05, 4.69) is 15.0 Å². The number of aromatic nitrogens is 1. The van der Waals surface area contributed by atoms with E-state index >= 15 is 0 Å². The van der Waals surface area contributed by atoms with Crippen LogP contribution in [0.3, 0.4) is 0 Å². The van der Waals surface area contributed by atoms with Crippen LogP contribution >= 0.6 is 0 Å². The van der Waals surface area contributed by atoms with Gasteiger partial charge in [-0.15, -0.1) is 0 Å². The summed E-state index contributed by atoms with van der Waals surface area (Å²) in [5.74, 6) is 1.04. The van der Waals surface area contributed by atoms with E-state index < -0.39 is 10.0 Å². The second-order valence-electron chi connectivity index (χ2n) is 5.60. The molecule has 0 aliphatic rings. The van der Waals surface area contributed by atoms with Crippen molar-refractivity contribution in [2.24, 2.45) is 0 Å². The second kappa shape index (κ2) is 9.87. The lowest BCUT2D eigenvalue weighted by Gasteiger charge is -2.12. The Bertz CT molecular complexity index is 910. The molecule has 0 unspecified atom stereocenters. The van der Waals surface area contributed by atoms with Gasteiger partial charge in [-0.3, -0.25) is 0 Å². The number of sulfonamides is 1. The molecule has 0 saturated heterocycles. The summed E-state index contributed by atoms with van der Waals surface area (Å²) in [6, 6.07) is 10.0. The molecule has 0 bridgehead atoms. The zero-order chi connectivity index (χ0) is 19.7. The lowest BCUT2D eigenvalue weighted by atomic mass is 10.2. The van der Waals surface area contributed by atoms with E-state index in [0.717, 1.165) is 5.56 Å². The second-order valence-corrected chi connectivity index (χ2v) is 7.37. The van der Waals surface area contributed by atoms with Gasteiger partial charge in [0.2, 0.25) is 10.0 Å². The Hall–Kier alpha value is -2.67. The molecule has 0 radical (unpaired) electrons. The van der Waals surface area contributed by atoms with Crippen LogP contribution in [0.15, 0.2) is 41.4 Å². The van der Waals surface area contributed by atoms with Crippen LogP contribution in [0.2, 0.25) is 0 Å². The highest BCUT2D eigenvalue weighted by atomic mass is 32.2. The van der Waals surface area contributed by atoms with Gasteiger partial charge < -0.3 is 14.8 Å². The maximum absolute atomic E-state index is 12.4. The number of nitriles is 1. The Morgan fingerprint density at radius 1 is 1.22 bits per heavy atom. The summed E-state index contributed by atoms with van der Waals surface area (Å²) in [6.45, 7) is 3.08. The summed E-state index contributed by atoms with van der Waals surface area (Å²) in [4.78, 5) is 4.22. The molecule has 0 saturated carbocycles. The van der Waals surface area contributed by atoms with Crippen molar-refractivity contribution in [1.29, 1.82) is 5.26 Å². The Balaban J connectivity index is 1.92. The maximum atomic E-state index is 12.4. The first kappa shape index (κ1) is 20.6. The summed E-state index contributed by atoms with van der Waals surface area (Å²) in [6.07, 6.45) is 1.56. The monoisotopic (exact) mass is 390 g/mol. The fraction of sp³-hybridized carbons (Fsp3) is 0.333. The van der Waals surface area contributed by atoms with Gasteiger partial charge in [-0.1, -0.05) is 0 Å². The normalized spacial score (nSPS) is 11.0. The topological polar surface area (TPSA) is 113 Å². The largest absolute Gasteiger partial charge is 0.491 e. The van der Waals surface area contributed by atoms with E-state index in [4.69, 9.17) is 14.7 Å². The van der Waals surface area contributed by atoms with E-state index in [1.807, 2.05) is 6.07 Å². The number of anilines is 1. The minimum absolute atomic E-state index is 0.148. The van der Waals surface area contributed by atoms with Crippen molar-refractivity contribution in [1.82, 2.24) is 9.71 Å². The number of hydrogen-bond acceptors (Lipinski definition) is 7. The first-order valence-electron chi connectivity index (χ1n) is 8.29. The summed E-state index contributed by atoms with van der Waals surface area (Å²) in [5.41, 5.74) is 1.12. The van der Waals surface area contributed by atoms with Crippen molar-refractivity contribution in [3.8, 4) is 11.8 Å². The van der Waals surface area contributed by atoms with Crippen molar-refractivity contribution < 1.29 is 17.9 Å². The van der Waals surface area contributed by atoms with Gasteiger partial charge in [-0.05, 0) is 42.8 Å². The van der Waals surface area contributed by atoms with E-state index in [9.17, 15) is 8.42 Å². The van der Waals surface area contributed by atoms with Crippen LogP contribution in [0.25, 0.3) is 0 Å². The molecule has 2 aromatic rings. The lowest BCUT2D eigenvalue weighted by molar-refractivity contribution is 0.146. The van der Waals surface area contributed by atoms with Crippen molar-refractivity contribution in [2.45, 2.75) is 11.8 Å². The zero-order valence-electron chi connectivity index (χ0n) is 15.2. The summed E-state index contributed by atoms with van der Waals surface area (Å²) >= 11 is 0. The van der Waals surface area contributed by atoms with E-state index in [1.54, 1.807) is 44.5 Å². The standard InChI is InChI=1S/C18H22N4O4S/c1-14-12-16(5-6-17(14)26-11-10-25-2)27(23,24)22-9-8-21-18-15(13-19)4-3-7-20-18/h3-7,12,22H,8-11H2,1-2H3,(H,20,21). The minimum Gasteiger partial charge on any atom is -0.491 e. The van der Waals surface area contributed by atoms with Gasteiger partial charge in [0, 0.05) is 26.4 Å². The molecule has 2 rings (SSSR count). The molecule has 0 atom stereocenters. The number of nitrogens with zero attached hydrogens (tertiary/aromatic N) is 2. The van der Waals surface area contributed by atoms with Gasteiger partial charge in [-0.2, -0.15) is 5.26 Å². The highest BCUT2D eigenvalue weighted by molar-refractivity contribution is 7.89. The summed E-state index contributed by atoms with van der Waals surface area (Å²) < 4.78 is 37.8. The quantitative estimate of drug-likeness (QED) is 0.593. The first-order valence-corrected chi connectivity index (χ1v) is 9.77. The van der Waals surface area contributed by atoms with Gasteiger partial charge in [0.25, 0.3) is 0 Å². The fourth-order valence-electron chi connectivity index (χ4n) is 2.27. The van der Waals surface area contributed by atoms with Gasteiger partial charge >= 0.3 is 0 Å². The molecule has 1 aromatic carbocycles. The molecule has 0 fully saturated rings. The zero-order valence-corrected chi connectivity index (χ0v) is 16.0. The molecule has 27 heavy (non-hydrogen) atoms. The summed E-state index contributed by atoms with van der Waals surface area (Å²) in [5, 5.41) is 12.0. The first-order chi connectivity index (χ1) is 13.0. The number of benzene rings is 1. The van der Waals surface area contributed by atoms with Crippen molar-refractivity contribution in [3.05, 3.63) is 47.7 Å². The molecule has 0 aliphatic heterocycles. The van der Waals surface area contributed by atoms with Crippen molar-refractivity contribution >= 4 is 15.8 Å². The lowest BCUT2D eigenvalue weighted by Crippen LogP contribution is -2.29. The molecule has 0 amide bonds. The third-order valence-electron chi connectivity index (χ3n) is 3.64. The number of ether oxygens (including phenoxy) is 2. The average molecular weight is 390 g/mol. The predicted molar refractivity (Wildman–Crippen MR) is 101 cm³/mol. The maximum Gasteiger partial charge on any atom is 0.240 e. The van der Waals surface area contributed by atoms with Crippen LogP contribution in [-0.4, -0.2) is 46.8 Å². The Labute approximate surface area is 159 Å². The van der Waals surface area contributed by atoms with Crippen LogP contribution in [0.4, 0.5) is 5.82 Å². The Kier molecular flexibility index (Phi) is 7.55. The molecule has 1 aromatic heterocycles. The highest BCUT2D eigenvalue weighted by Crippen LogP contribution is 2.21. The van der Waals surface area contributed by atoms with Gasteiger partial charge in [0.05, 0.1) is 17.1 Å². The number of rotatable bonds is 10. The number of aryl methyl sites for hydroxylation is 1. The number of nitrogens with one attached hydrogen (secondary N) is 2. The van der Waals surface area contributed by atoms with Crippen LogP contribution < -0.4 is 14.8 Å².